The summed E-state index contributed by atoms with van der Waals surface area (Å²) in [5.74, 6) is 0.450. The number of thiophene rings is 1. The third-order valence-electron chi connectivity index (χ3n) is 2.53. The van der Waals surface area contributed by atoms with Gasteiger partial charge in [-0.15, -0.1) is 11.3 Å². The predicted molar refractivity (Wildman–Crippen MR) is 75.8 cm³/mol. The van der Waals surface area contributed by atoms with Crippen LogP contribution in [0.3, 0.4) is 0 Å². The topological polar surface area (TPSA) is 90.0 Å². The Balaban J connectivity index is 2.24. The first-order valence-electron chi connectivity index (χ1n) is 5.74. The molecular formula is C11H16N4O2S2. The molecule has 6 nitrogen and oxygen atoms in total. The van der Waals surface area contributed by atoms with E-state index in [0.29, 0.717) is 18.8 Å². The van der Waals surface area contributed by atoms with Crippen LogP contribution in [-0.4, -0.2) is 24.7 Å². The summed E-state index contributed by atoms with van der Waals surface area (Å²) in [4.78, 5) is 0.962. The van der Waals surface area contributed by atoms with Crippen molar-refractivity contribution in [1.82, 2.24) is 9.78 Å². The minimum Gasteiger partial charge on any atom is -0.330 e. The summed E-state index contributed by atoms with van der Waals surface area (Å²) >= 11 is 1.24. The first-order chi connectivity index (χ1) is 8.92. The molecule has 0 aliphatic heterocycles. The van der Waals surface area contributed by atoms with Gasteiger partial charge in [-0.25, -0.2) is 8.42 Å². The van der Waals surface area contributed by atoms with Gasteiger partial charge in [-0.3, -0.25) is 9.40 Å². The summed E-state index contributed by atoms with van der Waals surface area (Å²) in [5.41, 5.74) is 6.21. The Labute approximate surface area is 116 Å². The number of nitrogens with zero attached hydrogens (tertiary/aromatic N) is 2. The van der Waals surface area contributed by atoms with E-state index in [9.17, 15) is 8.42 Å². The van der Waals surface area contributed by atoms with E-state index in [1.807, 2.05) is 6.92 Å². The Bertz CT molecular complexity index is 673. The van der Waals surface area contributed by atoms with Crippen molar-refractivity contribution in [3.05, 3.63) is 28.8 Å². The van der Waals surface area contributed by atoms with E-state index in [1.54, 1.807) is 25.2 Å². The molecule has 2 aromatic rings. The van der Waals surface area contributed by atoms with Crippen molar-refractivity contribution in [2.45, 2.75) is 17.6 Å². The molecule has 0 fully saturated rings. The van der Waals surface area contributed by atoms with Crippen LogP contribution in [0.2, 0.25) is 0 Å². The maximum absolute atomic E-state index is 12.2. The SMILES string of the molecule is Cc1cc(NS(=O)(=O)c2ccc(CCN)s2)n(C)n1. The normalized spacial score (nSPS) is 11.7. The van der Waals surface area contributed by atoms with E-state index in [-0.39, 0.29) is 4.21 Å². The fourth-order valence-electron chi connectivity index (χ4n) is 1.67. The molecule has 0 amide bonds. The molecule has 0 aliphatic rings. The highest BCUT2D eigenvalue weighted by atomic mass is 32.2. The van der Waals surface area contributed by atoms with Crippen LogP contribution in [0.1, 0.15) is 10.6 Å². The first kappa shape index (κ1) is 14.0. The van der Waals surface area contributed by atoms with Crippen molar-refractivity contribution in [2.75, 3.05) is 11.3 Å². The third kappa shape index (κ3) is 3.14. The lowest BCUT2D eigenvalue weighted by molar-refractivity contribution is 0.602. The van der Waals surface area contributed by atoms with Gasteiger partial charge in [0.25, 0.3) is 10.0 Å². The highest BCUT2D eigenvalue weighted by Gasteiger charge is 2.18. The van der Waals surface area contributed by atoms with E-state index >= 15 is 0 Å². The molecule has 0 bridgehead atoms. The molecule has 3 N–H and O–H groups in total. The molecule has 0 radical (unpaired) electrons. The highest BCUT2D eigenvalue weighted by Crippen LogP contribution is 2.24. The van der Waals surface area contributed by atoms with Gasteiger partial charge in [-0.05, 0) is 32.0 Å². The minimum absolute atomic E-state index is 0.287. The number of sulfonamides is 1. The number of anilines is 1. The van der Waals surface area contributed by atoms with E-state index in [2.05, 4.69) is 9.82 Å². The van der Waals surface area contributed by atoms with Crippen molar-refractivity contribution in [2.24, 2.45) is 12.8 Å². The Morgan fingerprint density at radius 3 is 2.79 bits per heavy atom. The van der Waals surface area contributed by atoms with Crippen LogP contribution < -0.4 is 10.5 Å². The van der Waals surface area contributed by atoms with Crippen LogP contribution in [-0.2, 0) is 23.5 Å². The zero-order valence-electron chi connectivity index (χ0n) is 10.8. The number of aromatic nitrogens is 2. The average molecular weight is 300 g/mol. The van der Waals surface area contributed by atoms with E-state index < -0.39 is 10.0 Å². The highest BCUT2D eigenvalue weighted by molar-refractivity contribution is 7.94. The third-order valence-corrected chi connectivity index (χ3v) is 5.53. The van der Waals surface area contributed by atoms with Gasteiger partial charge in [0.15, 0.2) is 0 Å². The van der Waals surface area contributed by atoms with Crippen molar-refractivity contribution in [3.8, 4) is 0 Å². The molecule has 0 saturated heterocycles. The molecule has 2 heterocycles. The van der Waals surface area contributed by atoms with Gasteiger partial charge >= 0.3 is 0 Å². The van der Waals surface area contributed by atoms with Gasteiger partial charge in [0.2, 0.25) is 0 Å². The molecule has 8 heteroatoms. The molecule has 2 rings (SSSR count). The number of hydrogen-bond acceptors (Lipinski definition) is 5. The lowest BCUT2D eigenvalue weighted by Crippen LogP contribution is -2.14. The van der Waals surface area contributed by atoms with Crippen molar-refractivity contribution < 1.29 is 8.42 Å². The number of rotatable bonds is 5. The summed E-state index contributed by atoms with van der Waals surface area (Å²) in [6.07, 6.45) is 0.686. The lowest BCUT2D eigenvalue weighted by atomic mass is 10.3. The monoisotopic (exact) mass is 300 g/mol. The fourth-order valence-corrected chi connectivity index (χ4v) is 4.12. The van der Waals surface area contributed by atoms with E-state index in [0.717, 1.165) is 10.6 Å². The summed E-state index contributed by atoms with van der Waals surface area (Å²) in [6.45, 7) is 2.32. The maximum Gasteiger partial charge on any atom is 0.272 e. The molecule has 19 heavy (non-hydrogen) atoms. The second-order valence-corrected chi connectivity index (χ2v) is 7.24. The second-order valence-electron chi connectivity index (χ2n) is 4.16. The molecule has 0 aromatic carbocycles. The van der Waals surface area contributed by atoms with E-state index in [4.69, 9.17) is 5.73 Å². The van der Waals surface area contributed by atoms with Gasteiger partial charge in [0.1, 0.15) is 10.0 Å². The molecule has 0 spiro atoms. The van der Waals surface area contributed by atoms with Crippen LogP contribution in [0.25, 0.3) is 0 Å². The smallest absolute Gasteiger partial charge is 0.272 e. The molecule has 0 saturated carbocycles. The number of hydrogen-bond donors (Lipinski definition) is 2. The lowest BCUT2D eigenvalue weighted by Gasteiger charge is -2.05. The summed E-state index contributed by atoms with van der Waals surface area (Å²) in [5, 5.41) is 4.10. The van der Waals surface area contributed by atoms with Crippen LogP contribution in [0.4, 0.5) is 5.82 Å². The zero-order valence-corrected chi connectivity index (χ0v) is 12.4. The predicted octanol–water partition coefficient (Wildman–Crippen LogP) is 1.09. The second kappa shape index (κ2) is 5.32. The summed E-state index contributed by atoms with van der Waals surface area (Å²) < 4.78 is 28.7. The van der Waals surface area contributed by atoms with Gasteiger partial charge in [0, 0.05) is 18.0 Å². The van der Waals surface area contributed by atoms with Crippen LogP contribution >= 0.6 is 11.3 Å². The van der Waals surface area contributed by atoms with Gasteiger partial charge in [0.05, 0.1) is 5.69 Å². The molecule has 0 aliphatic carbocycles. The first-order valence-corrected chi connectivity index (χ1v) is 8.04. The molecule has 2 aromatic heterocycles. The molecule has 0 atom stereocenters. The van der Waals surface area contributed by atoms with Crippen molar-refractivity contribution in [3.63, 3.8) is 0 Å². The quantitative estimate of drug-likeness (QED) is 0.865. The Kier molecular flexibility index (Phi) is 3.93. The van der Waals surface area contributed by atoms with Crippen molar-refractivity contribution >= 4 is 27.2 Å². The zero-order chi connectivity index (χ0) is 14.0. The van der Waals surface area contributed by atoms with E-state index in [1.165, 1.54) is 16.0 Å². The standard InChI is InChI=1S/C11H16N4O2S2/c1-8-7-10(15(2)13-8)14-19(16,17)11-4-3-9(18-11)5-6-12/h3-4,7,14H,5-6,12H2,1-2H3. The Morgan fingerprint density at radius 2 is 2.21 bits per heavy atom. The fraction of sp³-hybridized carbons (Fsp3) is 0.364. The number of nitrogens with two attached hydrogens (primary N) is 1. The van der Waals surface area contributed by atoms with Crippen LogP contribution in [0.15, 0.2) is 22.4 Å². The van der Waals surface area contributed by atoms with Gasteiger partial charge in [-0.1, -0.05) is 0 Å². The largest absolute Gasteiger partial charge is 0.330 e. The maximum atomic E-state index is 12.2. The Hall–Kier alpha value is -1.38. The van der Waals surface area contributed by atoms with Crippen LogP contribution in [0, 0.1) is 6.92 Å². The van der Waals surface area contributed by atoms with Crippen LogP contribution in [0.5, 0.6) is 0 Å². The number of aryl methyl sites for hydroxylation is 2. The molecular weight excluding hydrogens is 284 g/mol. The van der Waals surface area contributed by atoms with Gasteiger partial charge in [-0.2, -0.15) is 5.10 Å². The summed E-state index contributed by atoms with van der Waals surface area (Å²) in [7, 11) is -1.86. The minimum atomic E-state index is -3.55. The number of nitrogens with one attached hydrogen (secondary N) is 1. The average Bonchev–Trinajstić information content (AvgIpc) is 2.87. The van der Waals surface area contributed by atoms with Gasteiger partial charge < -0.3 is 5.73 Å². The van der Waals surface area contributed by atoms with Crippen molar-refractivity contribution in [1.29, 1.82) is 0 Å². The molecule has 0 unspecified atom stereocenters. The Morgan fingerprint density at radius 1 is 1.47 bits per heavy atom. The summed E-state index contributed by atoms with van der Waals surface area (Å²) in [6, 6.07) is 5.08. The molecule has 104 valence electrons.